The lowest BCUT2D eigenvalue weighted by Crippen LogP contribution is -2.37. The SMILES string of the molecule is CCN(CC)C(=O)c1c(CC2CCCC2)n(Cc2cccnc2)c(C)cc1=O. The highest BCUT2D eigenvalue weighted by Gasteiger charge is 2.26. The monoisotopic (exact) mass is 381 g/mol. The minimum absolute atomic E-state index is 0.136. The summed E-state index contributed by atoms with van der Waals surface area (Å²) in [4.78, 5) is 32.2. The fourth-order valence-electron chi connectivity index (χ4n) is 4.32. The molecule has 0 unspecified atom stereocenters. The van der Waals surface area contributed by atoms with Gasteiger partial charge >= 0.3 is 0 Å². The van der Waals surface area contributed by atoms with Crippen molar-refractivity contribution in [1.82, 2.24) is 14.5 Å². The number of carbonyl (C=O) groups excluding carboxylic acids is 1. The number of hydrogen-bond donors (Lipinski definition) is 0. The molecular formula is C23H31N3O2. The third-order valence-corrected chi connectivity index (χ3v) is 5.91. The number of aryl methyl sites for hydroxylation is 1. The average Bonchev–Trinajstić information content (AvgIpc) is 3.19. The van der Waals surface area contributed by atoms with E-state index in [1.807, 2.05) is 39.1 Å². The van der Waals surface area contributed by atoms with Crippen LogP contribution in [0, 0.1) is 12.8 Å². The van der Waals surface area contributed by atoms with Crippen LogP contribution >= 0.6 is 0 Å². The maximum atomic E-state index is 13.2. The van der Waals surface area contributed by atoms with Gasteiger partial charge < -0.3 is 9.47 Å². The number of pyridine rings is 2. The van der Waals surface area contributed by atoms with Gasteiger partial charge in [-0.3, -0.25) is 14.6 Å². The van der Waals surface area contributed by atoms with Crippen LogP contribution in [-0.2, 0) is 13.0 Å². The molecule has 0 saturated heterocycles. The predicted molar refractivity (Wildman–Crippen MR) is 112 cm³/mol. The van der Waals surface area contributed by atoms with E-state index in [4.69, 9.17) is 0 Å². The molecule has 1 fully saturated rings. The number of aromatic nitrogens is 2. The lowest BCUT2D eigenvalue weighted by Gasteiger charge is -2.25. The van der Waals surface area contributed by atoms with Crippen molar-refractivity contribution in [1.29, 1.82) is 0 Å². The van der Waals surface area contributed by atoms with Crippen LogP contribution in [0.25, 0.3) is 0 Å². The Hall–Kier alpha value is -2.43. The van der Waals surface area contributed by atoms with Crippen LogP contribution in [0.15, 0.2) is 35.4 Å². The summed E-state index contributed by atoms with van der Waals surface area (Å²) in [5, 5.41) is 0. The Kier molecular flexibility index (Phi) is 6.65. The van der Waals surface area contributed by atoms with Crippen molar-refractivity contribution in [3.8, 4) is 0 Å². The molecule has 0 bridgehead atoms. The van der Waals surface area contributed by atoms with Crippen LogP contribution < -0.4 is 5.43 Å². The van der Waals surface area contributed by atoms with E-state index in [0.717, 1.165) is 23.4 Å². The summed E-state index contributed by atoms with van der Waals surface area (Å²) in [7, 11) is 0. The van der Waals surface area contributed by atoms with Crippen LogP contribution in [-0.4, -0.2) is 33.4 Å². The molecule has 28 heavy (non-hydrogen) atoms. The summed E-state index contributed by atoms with van der Waals surface area (Å²) in [6.07, 6.45) is 9.23. The lowest BCUT2D eigenvalue weighted by molar-refractivity contribution is 0.0769. The zero-order chi connectivity index (χ0) is 20.1. The molecule has 2 aromatic rings. The van der Waals surface area contributed by atoms with Gasteiger partial charge in [0.25, 0.3) is 5.91 Å². The van der Waals surface area contributed by atoms with Crippen molar-refractivity contribution in [2.24, 2.45) is 5.92 Å². The van der Waals surface area contributed by atoms with Crippen molar-refractivity contribution in [2.45, 2.75) is 59.4 Å². The highest BCUT2D eigenvalue weighted by atomic mass is 16.2. The van der Waals surface area contributed by atoms with Gasteiger partial charge in [-0.25, -0.2) is 0 Å². The number of carbonyl (C=O) groups is 1. The maximum absolute atomic E-state index is 13.2. The Morgan fingerprint density at radius 3 is 2.57 bits per heavy atom. The third kappa shape index (κ3) is 4.34. The quantitative estimate of drug-likeness (QED) is 0.733. The molecule has 1 saturated carbocycles. The van der Waals surface area contributed by atoms with E-state index in [1.54, 1.807) is 17.2 Å². The average molecular weight is 382 g/mol. The molecule has 0 N–H and O–H groups in total. The summed E-state index contributed by atoms with van der Waals surface area (Å²) in [6, 6.07) is 5.58. The Morgan fingerprint density at radius 1 is 1.25 bits per heavy atom. The van der Waals surface area contributed by atoms with Crippen LogP contribution in [0.4, 0.5) is 0 Å². The van der Waals surface area contributed by atoms with E-state index in [2.05, 4.69) is 9.55 Å². The summed E-state index contributed by atoms with van der Waals surface area (Å²) in [5.74, 6) is 0.410. The topological polar surface area (TPSA) is 55.2 Å². The van der Waals surface area contributed by atoms with Crippen molar-refractivity contribution in [3.05, 3.63) is 63.3 Å². The molecule has 1 aliphatic carbocycles. The highest BCUT2D eigenvalue weighted by Crippen LogP contribution is 2.29. The van der Waals surface area contributed by atoms with E-state index in [1.165, 1.54) is 25.7 Å². The fraction of sp³-hybridized carbons (Fsp3) is 0.522. The lowest BCUT2D eigenvalue weighted by atomic mass is 9.96. The number of nitrogens with zero attached hydrogens (tertiary/aromatic N) is 3. The van der Waals surface area contributed by atoms with Gasteiger partial charge in [-0.05, 0) is 44.7 Å². The van der Waals surface area contributed by atoms with Gasteiger partial charge in [0.15, 0.2) is 5.43 Å². The number of rotatable bonds is 7. The Bertz CT molecular complexity index is 863. The van der Waals surface area contributed by atoms with Crippen LogP contribution in [0.2, 0.25) is 0 Å². The van der Waals surface area contributed by atoms with Crippen LogP contribution in [0.5, 0.6) is 0 Å². The molecule has 1 amide bonds. The second-order valence-corrected chi connectivity index (χ2v) is 7.75. The smallest absolute Gasteiger partial charge is 0.259 e. The Labute approximate surface area is 167 Å². The molecule has 3 rings (SSSR count). The fourth-order valence-corrected chi connectivity index (χ4v) is 4.32. The molecule has 5 heteroatoms. The molecule has 0 spiro atoms. The molecule has 1 aliphatic rings. The summed E-state index contributed by atoms with van der Waals surface area (Å²) in [5.41, 5.74) is 3.09. The van der Waals surface area contributed by atoms with E-state index in [-0.39, 0.29) is 11.3 Å². The summed E-state index contributed by atoms with van der Waals surface area (Å²) >= 11 is 0. The van der Waals surface area contributed by atoms with Crippen molar-refractivity contribution in [2.75, 3.05) is 13.1 Å². The number of hydrogen-bond acceptors (Lipinski definition) is 3. The van der Waals surface area contributed by atoms with Crippen molar-refractivity contribution >= 4 is 5.91 Å². The third-order valence-electron chi connectivity index (χ3n) is 5.91. The minimum atomic E-state index is -0.148. The summed E-state index contributed by atoms with van der Waals surface area (Å²) in [6.45, 7) is 7.71. The summed E-state index contributed by atoms with van der Waals surface area (Å²) < 4.78 is 2.16. The van der Waals surface area contributed by atoms with Gasteiger partial charge in [0.05, 0.1) is 0 Å². The second-order valence-electron chi connectivity index (χ2n) is 7.75. The molecular weight excluding hydrogens is 350 g/mol. The standard InChI is InChI=1S/C23H31N3O2/c1-4-25(5-2)23(28)22-20(14-18-9-6-7-10-18)26(17(3)13-21(22)27)16-19-11-8-12-24-15-19/h8,11-13,15,18H,4-7,9-10,14,16H2,1-3H3. The van der Waals surface area contributed by atoms with Crippen molar-refractivity contribution in [3.63, 3.8) is 0 Å². The molecule has 5 nitrogen and oxygen atoms in total. The second kappa shape index (κ2) is 9.18. The Morgan fingerprint density at radius 2 is 1.96 bits per heavy atom. The highest BCUT2D eigenvalue weighted by molar-refractivity contribution is 5.95. The molecule has 0 atom stereocenters. The molecule has 0 aromatic carbocycles. The molecule has 2 heterocycles. The molecule has 2 aromatic heterocycles. The zero-order valence-corrected chi connectivity index (χ0v) is 17.3. The Balaban J connectivity index is 2.12. The van der Waals surface area contributed by atoms with Gasteiger partial charge in [-0.15, -0.1) is 0 Å². The van der Waals surface area contributed by atoms with Crippen molar-refractivity contribution < 1.29 is 4.79 Å². The molecule has 0 aliphatic heterocycles. The minimum Gasteiger partial charge on any atom is -0.343 e. The van der Waals surface area contributed by atoms with E-state index >= 15 is 0 Å². The van der Waals surface area contributed by atoms with E-state index < -0.39 is 0 Å². The van der Waals surface area contributed by atoms with Gasteiger partial charge in [0.2, 0.25) is 0 Å². The van der Waals surface area contributed by atoms with Crippen LogP contribution in [0.1, 0.15) is 66.8 Å². The first-order valence-corrected chi connectivity index (χ1v) is 10.5. The largest absolute Gasteiger partial charge is 0.343 e. The number of amides is 1. The van der Waals surface area contributed by atoms with Gasteiger partial charge in [-0.1, -0.05) is 31.7 Å². The molecule has 150 valence electrons. The first-order valence-electron chi connectivity index (χ1n) is 10.5. The van der Waals surface area contributed by atoms with Crippen LogP contribution in [0.3, 0.4) is 0 Å². The molecule has 0 radical (unpaired) electrons. The first kappa shape index (κ1) is 20.3. The van der Waals surface area contributed by atoms with Gasteiger partial charge in [0.1, 0.15) is 5.56 Å². The first-order chi connectivity index (χ1) is 13.5. The van der Waals surface area contributed by atoms with Gasteiger partial charge in [0, 0.05) is 49.5 Å². The van der Waals surface area contributed by atoms with Gasteiger partial charge in [-0.2, -0.15) is 0 Å². The van der Waals surface area contributed by atoms with E-state index in [9.17, 15) is 9.59 Å². The predicted octanol–water partition coefficient (Wildman–Crippen LogP) is 3.81. The van der Waals surface area contributed by atoms with E-state index in [0.29, 0.717) is 31.1 Å². The normalized spacial score (nSPS) is 14.4. The zero-order valence-electron chi connectivity index (χ0n) is 17.3. The maximum Gasteiger partial charge on any atom is 0.259 e.